The lowest BCUT2D eigenvalue weighted by Gasteiger charge is -2.13. The number of fused-ring (bicyclic) bond motifs is 2. The number of aromatic nitrogens is 4. The minimum Gasteiger partial charge on any atom is -0.462 e. The van der Waals surface area contributed by atoms with Crippen molar-refractivity contribution in [1.82, 2.24) is 19.7 Å². The second kappa shape index (κ2) is 11.8. The van der Waals surface area contributed by atoms with E-state index >= 15 is 0 Å². The van der Waals surface area contributed by atoms with Gasteiger partial charge in [0.2, 0.25) is 0 Å². The molecule has 11 heteroatoms. The van der Waals surface area contributed by atoms with Crippen molar-refractivity contribution in [3.8, 4) is 0 Å². The molecule has 0 saturated carbocycles. The van der Waals surface area contributed by atoms with Gasteiger partial charge in [0.05, 0.1) is 35.0 Å². The molecule has 0 unspecified atom stereocenters. The molecule has 196 valence electrons. The molecular formula is C26H28F3N5O2S. The molecule has 0 atom stereocenters. The van der Waals surface area contributed by atoms with Crippen LogP contribution in [0.25, 0.3) is 21.9 Å². The van der Waals surface area contributed by atoms with Crippen LogP contribution >= 0.6 is 11.8 Å². The van der Waals surface area contributed by atoms with Gasteiger partial charge in [-0.1, -0.05) is 12.5 Å². The van der Waals surface area contributed by atoms with Crippen LogP contribution in [0.5, 0.6) is 0 Å². The molecule has 0 saturated heterocycles. The van der Waals surface area contributed by atoms with Crippen LogP contribution in [0.3, 0.4) is 0 Å². The van der Waals surface area contributed by atoms with Gasteiger partial charge in [0.25, 0.3) is 0 Å². The quantitative estimate of drug-likeness (QED) is 0.133. The monoisotopic (exact) mass is 531 g/mol. The molecule has 0 amide bonds. The number of anilines is 1. The summed E-state index contributed by atoms with van der Waals surface area (Å²) in [5.41, 5.74) is 1.43. The van der Waals surface area contributed by atoms with Gasteiger partial charge in [0.1, 0.15) is 5.56 Å². The van der Waals surface area contributed by atoms with Crippen molar-refractivity contribution in [3.63, 3.8) is 0 Å². The third-order valence-corrected chi connectivity index (χ3v) is 7.03. The van der Waals surface area contributed by atoms with E-state index in [4.69, 9.17) is 4.74 Å². The predicted molar refractivity (Wildman–Crippen MR) is 139 cm³/mol. The molecule has 1 aromatic carbocycles. The molecule has 3 heterocycles. The molecule has 0 radical (unpaired) electrons. The highest BCUT2D eigenvalue weighted by atomic mass is 32.2. The number of pyridine rings is 2. The average Bonchev–Trinajstić information content (AvgIpc) is 3.31. The number of esters is 1. The van der Waals surface area contributed by atoms with E-state index in [9.17, 15) is 18.0 Å². The van der Waals surface area contributed by atoms with Crippen molar-refractivity contribution >= 4 is 45.4 Å². The zero-order valence-electron chi connectivity index (χ0n) is 20.6. The smallest absolute Gasteiger partial charge is 0.416 e. The van der Waals surface area contributed by atoms with Crippen LogP contribution < -0.4 is 5.32 Å². The Kier molecular flexibility index (Phi) is 8.52. The van der Waals surface area contributed by atoms with E-state index in [0.29, 0.717) is 35.5 Å². The fourth-order valence-electron chi connectivity index (χ4n) is 4.04. The van der Waals surface area contributed by atoms with Gasteiger partial charge in [0, 0.05) is 35.8 Å². The molecule has 0 fully saturated rings. The number of hydrogen-bond acceptors (Lipinski definition) is 7. The highest BCUT2D eigenvalue weighted by Gasteiger charge is 2.30. The molecule has 7 nitrogen and oxygen atoms in total. The second-order valence-corrected chi connectivity index (χ2v) is 9.48. The number of carbonyl (C=O) groups is 1. The van der Waals surface area contributed by atoms with Crippen LogP contribution in [0, 0.1) is 0 Å². The summed E-state index contributed by atoms with van der Waals surface area (Å²) in [4.78, 5) is 21.9. The Balaban J connectivity index is 1.32. The van der Waals surface area contributed by atoms with E-state index in [1.807, 2.05) is 13.0 Å². The second-order valence-electron chi connectivity index (χ2n) is 8.34. The standard InChI is InChI=1S/C26H28F3N5O2S/c1-3-34-24-19(16-33-34)23(20(15-32-24)25(35)36-4-2)31-11-6-5-7-13-37-22-10-12-30-21-14-17(26(27,28)29)8-9-18(21)22/h8-10,12,14-16H,3-7,11,13H2,1-2H3,(H,31,32). The lowest BCUT2D eigenvalue weighted by Crippen LogP contribution is -2.12. The molecule has 3 aromatic heterocycles. The van der Waals surface area contributed by atoms with E-state index in [2.05, 4.69) is 20.4 Å². The fourth-order valence-corrected chi connectivity index (χ4v) is 5.09. The summed E-state index contributed by atoms with van der Waals surface area (Å²) in [6.45, 7) is 5.35. The third-order valence-electron chi connectivity index (χ3n) is 5.87. The Morgan fingerprint density at radius 1 is 1.08 bits per heavy atom. The number of ether oxygens (including phenoxy) is 1. The van der Waals surface area contributed by atoms with Crippen LogP contribution in [0.4, 0.5) is 18.9 Å². The topological polar surface area (TPSA) is 81.9 Å². The number of benzene rings is 1. The van der Waals surface area contributed by atoms with E-state index < -0.39 is 17.7 Å². The zero-order valence-corrected chi connectivity index (χ0v) is 21.5. The van der Waals surface area contributed by atoms with Gasteiger partial charge in [-0.25, -0.2) is 14.5 Å². The van der Waals surface area contributed by atoms with Crippen molar-refractivity contribution < 1.29 is 22.7 Å². The summed E-state index contributed by atoms with van der Waals surface area (Å²) in [6, 6.07) is 5.53. The number of nitrogens with one attached hydrogen (secondary N) is 1. The molecule has 4 aromatic rings. The first-order valence-corrected chi connectivity index (χ1v) is 13.2. The van der Waals surface area contributed by atoms with Gasteiger partial charge >= 0.3 is 12.1 Å². The Morgan fingerprint density at radius 2 is 1.92 bits per heavy atom. The van der Waals surface area contributed by atoms with Gasteiger partial charge in [-0.15, -0.1) is 11.8 Å². The number of thioether (sulfide) groups is 1. The van der Waals surface area contributed by atoms with Crippen LogP contribution in [-0.4, -0.2) is 44.6 Å². The maximum Gasteiger partial charge on any atom is 0.416 e. The largest absolute Gasteiger partial charge is 0.462 e. The van der Waals surface area contributed by atoms with Gasteiger partial charge in [-0.05, 0) is 50.6 Å². The van der Waals surface area contributed by atoms with Crippen molar-refractivity contribution in [3.05, 3.63) is 54.0 Å². The molecule has 0 aliphatic heterocycles. The maximum absolute atomic E-state index is 13.0. The Hall–Kier alpha value is -3.34. The average molecular weight is 532 g/mol. The normalized spacial score (nSPS) is 11.8. The van der Waals surface area contributed by atoms with Gasteiger partial charge < -0.3 is 10.1 Å². The number of aryl methyl sites for hydroxylation is 1. The number of unbranched alkanes of at least 4 members (excludes halogenated alkanes) is 2. The van der Waals surface area contributed by atoms with Crippen LogP contribution in [0.2, 0.25) is 0 Å². The van der Waals surface area contributed by atoms with Crippen molar-refractivity contribution in [2.75, 3.05) is 24.2 Å². The number of hydrogen-bond donors (Lipinski definition) is 1. The summed E-state index contributed by atoms with van der Waals surface area (Å²) in [6.07, 6.45) is 3.16. The highest BCUT2D eigenvalue weighted by molar-refractivity contribution is 7.99. The number of alkyl halides is 3. The van der Waals surface area contributed by atoms with Crippen LogP contribution in [-0.2, 0) is 17.5 Å². The van der Waals surface area contributed by atoms with Crippen molar-refractivity contribution in [2.24, 2.45) is 0 Å². The number of rotatable bonds is 11. The first-order valence-electron chi connectivity index (χ1n) is 12.2. The molecule has 0 spiro atoms. The van der Waals surface area contributed by atoms with Gasteiger partial charge in [-0.3, -0.25) is 4.98 Å². The van der Waals surface area contributed by atoms with Gasteiger partial charge in [0.15, 0.2) is 5.65 Å². The van der Waals surface area contributed by atoms with Crippen molar-refractivity contribution in [2.45, 2.75) is 50.7 Å². The van der Waals surface area contributed by atoms with Crippen LogP contribution in [0.1, 0.15) is 49.0 Å². The summed E-state index contributed by atoms with van der Waals surface area (Å²) in [7, 11) is 0. The molecule has 4 rings (SSSR count). The van der Waals surface area contributed by atoms with Gasteiger partial charge in [-0.2, -0.15) is 18.3 Å². The highest BCUT2D eigenvalue weighted by Crippen LogP contribution is 2.34. The van der Waals surface area contributed by atoms with Crippen LogP contribution in [0.15, 0.2) is 47.8 Å². The fraction of sp³-hybridized carbons (Fsp3) is 0.385. The zero-order chi connectivity index (χ0) is 26.4. The lowest BCUT2D eigenvalue weighted by atomic mass is 10.1. The summed E-state index contributed by atoms with van der Waals surface area (Å²) in [5.74, 6) is 0.406. The number of carbonyl (C=O) groups excluding carboxylic acids is 1. The predicted octanol–water partition coefficient (Wildman–Crippen LogP) is 6.57. The summed E-state index contributed by atoms with van der Waals surface area (Å²) < 4.78 is 46.0. The lowest BCUT2D eigenvalue weighted by molar-refractivity contribution is -0.137. The molecule has 37 heavy (non-hydrogen) atoms. The minimum absolute atomic E-state index is 0.276. The Bertz CT molecular complexity index is 1390. The maximum atomic E-state index is 13.0. The number of nitrogens with zero attached hydrogens (tertiary/aromatic N) is 4. The van der Waals surface area contributed by atoms with Crippen molar-refractivity contribution in [1.29, 1.82) is 0 Å². The SMILES string of the molecule is CCOC(=O)c1cnc2c(cnn2CC)c1NCCCCCSc1ccnc2cc(C(F)(F)F)ccc12. The minimum atomic E-state index is -4.39. The Morgan fingerprint density at radius 3 is 2.68 bits per heavy atom. The van der Waals surface area contributed by atoms with E-state index in [1.54, 1.807) is 35.8 Å². The first-order chi connectivity index (χ1) is 17.8. The molecular weight excluding hydrogens is 503 g/mol. The van der Waals surface area contributed by atoms with E-state index in [0.717, 1.165) is 52.8 Å². The number of halogens is 3. The third kappa shape index (κ3) is 6.15. The summed E-state index contributed by atoms with van der Waals surface area (Å²) >= 11 is 1.61. The molecule has 0 aliphatic carbocycles. The molecule has 0 bridgehead atoms. The Labute approximate surface area is 216 Å². The van der Waals surface area contributed by atoms with E-state index in [1.165, 1.54) is 12.3 Å². The molecule has 1 N–H and O–H groups in total. The molecule has 0 aliphatic rings. The summed E-state index contributed by atoms with van der Waals surface area (Å²) in [5, 5.41) is 9.24. The first kappa shape index (κ1) is 26.7. The van der Waals surface area contributed by atoms with E-state index in [-0.39, 0.29) is 6.61 Å².